The lowest BCUT2D eigenvalue weighted by Gasteiger charge is -2.24. The van der Waals surface area contributed by atoms with Crippen LogP contribution in [0.25, 0.3) is 21.8 Å². The minimum atomic E-state index is -1.34. The number of aromatic nitrogens is 1. The molecule has 3 rings (SSSR count). The minimum absolute atomic E-state index is 0.667. The second kappa shape index (κ2) is 5.61. The second-order valence-electron chi connectivity index (χ2n) is 5.27. The Bertz CT molecular complexity index is 792. The van der Waals surface area contributed by atoms with Crippen molar-refractivity contribution in [2.24, 2.45) is 0 Å². The lowest BCUT2D eigenvalue weighted by atomic mass is 10.1. The number of carboxylic acid groups (broad SMARTS) is 1. The first-order chi connectivity index (χ1) is 10.6. The van der Waals surface area contributed by atoms with Gasteiger partial charge in [0, 0.05) is 12.1 Å². The SMILES string of the molecule is C[C@@H](O)[C@@H](Nc1c2ccccc2[nH+]c2ccccc12)C(=O)[O-]. The number of hydrogen-bond acceptors (Lipinski definition) is 4. The van der Waals surface area contributed by atoms with Gasteiger partial charge in [0.15, 0.2) is 0 Å². The van der Waals surface area contributed by atoms with Gasteiger partial charge in [-0.3, -0.25) is 0 Å². The van der Waals surface area contributed by atoms with E-state index in [1.54, 1.807) is 0 Å². The van der Waals surface area contributed by atoms with Gasteiger partial charge in [-0.05, 0) is 19.1 Å². The number of H-pyrrole nitrogens is 1. The van der Waals surface area contributed by atoms with Crippen LogP contribution in [-0.2, 0) is 4.79 Å². The number of carbonyl (C=O) groups excluding carboxylic acids is 1. The molecule has 0 aliphatic heterocycles. The molecule has 0 radical (unpaired) electrons. The van der Waals surface area contributed by atoms with Crippen molar-refractivity contribution in [1.82, 2.24) is 0 Å². The summed E-state index contributed by atoms with van der Waals surface area (Å²) in [6, 6.07) is 14.0. The summed E-state index contributed by atoms with van der Waals surface area (Å²) in [5.41, 5.74) is 2.43. The number of pyridine rings is 1. The number of carboxylic acids is 1. The third-order valence-corrected chi connectivity index (χ3v) is 3.70. The van der Waals surface area contributed by atoms with E-state index in [0.29, 0.717) is 5.69 Å². The number of aromatic amines is 1. The Labute approximate surface area is 127 Å². The Balaban J connectivity index is 2.26. The van der Waals surface area contributed by atoms with Crippen LogP contribution in [0.2, 0.25) is 0 Å². The van der Waals surface area contributed by atoms with Crippen molar-refractivity contribution in [3.05, 3.63) is 48.5 Å². The Morgan fingerprint density at radius 1 is 1.09 bits per heavy atom. The van der Waals surface area contributed by atoms with E-state index in [4.69, 9.17) is 0 Å². The number of para-hydroxylation sites is 2. The van der Waals surface area contributed by atoms with Crippen LogP contribution < -0.4 is 15.4 Å². The van der Waals surface area contributed by atoms with Crippen molar-refractivity contribution in [2.75, 3.05) is 5.32 Å². The van der Waals surface area contributed by atoms with Gasteiger partial charge in [-0.15, -0.1) is 0 Å². The highest BCUT2D eigenvalue weighted by Crippen LogP contribution is 2.29. The number of hydrogen-bond donors (Lipinski definition) is 2. The number of aliphatic hydroxyl groups is 1. The van der Waals surface area contributed by atoms with Crippen molar-refractivity contribution in [2.45, 2.75) is 19.1 Å². The number of aliphatic carboxylic acids is 1. The van der Waals surface area contributed by atoms with E-state index in [1.165, 1.54) is 6.92 Å². The summed E-state index contributed by atoms with van der Waals surface area (Å²) in [7, 11) is 0. The molecule has 3 aromatic rings. The maximum absolute atomic E-state index is 11.3. The zero-order valence-electron chi connectivity index (χ0n) is 12.0. The molecule has 0 amide bonds. The average molecular weight is 296 g/mol. The fraction of sp³-hybridized carbons (Fsp3) is 0.176. The molecule has 2 aromatic carbocycles. The Hall–Kier alpha value is -2.66. The molecule has 0 aliphatic rings. The molecule has 0 unspecified atom stereocenters. The van der Waals surface area contributed by atoms with Crippen LogP contribution in [0.4, 0.5) is 5.69 Å². The van der Waals surface area contributed by atoms with E-state index in [-0.39, 0.29) is 0 Å². The molecule has 0 saturated carbocycles. The molecule has 5 heteroatoms. The number of anilines is 1. The highest BCUT2D eigenvalue weighted by molar-refractivity contribution is 6.05. The molecule has 0 saturated heterocycles. The third-order valence-electron chi connectivity index (χ3n) is 3.70. The standard InChI is InChI=1S/C17H16N2O3/c1-10(20)15(17(21)22)19-16-11-6-2-4-8-13(11)18-14-9-5-3-7-12(14)16/h2-10,15,20H,1H3,(H,18,19)(H,21,22)/t10-,15-/m1/s1. The fourth-order valence-corrected chi connectivity index (χ4v) is 2.60. The number of nitrogens with one attached hydrogen (secondary N) is 2. The predicted octanol–water partition coefficient (Wildman–Crippen LogP) is 0.718. The smallest absolute Gasteiger partial charge is 0.213 e. The molecule has 1 aromatic heterocycles. The zero-order chi connectivity index (χ0) is 15.7. The summed E-state index contributed by atoms with van der Waals surface area (Å²) >= 11 is 0. The number of carbonyl (C=O) groups is 1. The van der Waals surface area contributed by atoms with Gasteiger partial charge >= 0.3 is 0 Å². The van der Waals surface area contributed by atoms with E-state index in [2.05, 4.69) is 10.3 Å². The molecule has 2 atom stereocenters. The molecule has 0 spiro atoms. The normalized spacial score (nSPS) is 13.9. The number of fused-ring (bicyclic) bond motifs is 2. The summed E-state index contributed by atoms with van der Waals surface area (Å²) in [6.45, 7) is 1.42. The van der Waals surface area contributed by atoms with Gasteiger partial charge in [0.05, 0.1) is 34.6 Å². The van der Waals surface area contributed by atoms with E-state index in [1.807, 2.05) is 48.5 Å². The van der Waals surface area contributed by atoms with Crippen LogP contribution >= 0.6 is 0 Å². The maximum atomic E-state index is 11.3. The van der Waals surface area contributed by atoms with Crippen molar-refractivity contribution in [1.29, 1.82) is 0 Å². The molecule has 0 fully saturated rings. The molecule has 22 heavy (non-hydrogen) atoms. The largest absolute Gasteiger partial charge is 0.548 e. The quantitative estimate of drug-likeness (QED) is 0.695. The average Bonchev–Trinajstić information content (AvgIpc) is 2.50. The van der Waals surface area contributed by atoms with Crippen molar-refractivity contribution < 1.29 is 20.0 Å². The summed E-state index contributed by atoms with van der Waals surface area (Å²) in [6.07, 6.45) is -1.08. The van der Waals surface area contributed by atoms with Gasteiger partial charge in [0.1, 0.15) is 0 Å². The van der Waals surface area contributed by atoms with Crippen molar-refractivity contribution in [3.8, 4) is 0 Å². The first-order valence-corrected chi connectivity index (χ1v) is 7.06. The molecule has 0 aliphatic carbocycles. The van der Waals surface area contributed by atoms with Crippen LogP contribution in [-0.4, -0.2) is 23.2 Å². The molecule has 5 nitrogen and oxygen atoms in total. The minimum Gasteiger partial charge on any atom is -0.548 e. The number of rotatable bonds is 4. The van der Waals surface area contributed by atoms with Gasteiger partial charge in [0.2, 0.25) is 11.0 Å². The van der Waals surface area contributed by atoms with Crippen LogP contribution in [0.1, 0.15) is 6.92 Å². The number of aliphatic hydroxyl groups excluding tert-OH is 1. The van der Waals surface area contributed by atoms with Crippen LogP contribution in [0, 0.1) is 0 Å². The van der Waals surface area contributed by atoms with Crippen molar-refractivity contribution in [3.63, 3.8) is 0 Å². The Kier molecular flexibility index (Phi) is 3.65. The van der Waals surface area contributed by atoms with Gasteiger partial charge in [-0.1, -0.05) is 24.3 Å². The van der Waals surface area contributed by atoms with Crippen LogP contribution in [0.3, 0.4) is 0 Å². The highest BCUT2D eigenvalue weighted by atomic mass is 16.4. The first-order valence-electron chi connectivity index (χ1n) is 7.06. The molecule has 1 heterocycles. The third kappa shape index (κ3) is 2.46. The molecule has 112 valence electrons. The maximum Gasteiger partial charge on any atom is 0.213 e. The molecular weight excluding hydrogens is 280 g/mol. The van der Waals surface area contributed by atoms with E-state index in [0.717, 1.165) is 21.8 Å². The second-order valence-corrected chi connectivity index (χ2v) is 5.27. The van der Waals surface area contributed by atoms with Crippen molar-refractivity contribution >= 4 is 33.5 Å². The lowest BCUT2D eigenvalue weighted by Crippen LogP contribution is -2.47. The van der Waals surface area contributed by atoms with Gasteiger partial charge in [-0.2, -0.15) is 0 Å². The molecular formula is C17H16N2O3. The van der Waals surface area contributed by atoms with Gasteiger partial charge < -0.3 is 20.3 Å². The van der Waals surface area contributed by atoms with Gasteiger partial charge in [0.25, 0.3) is 0 Å². The summed E-state index contributed by atoms with van der Waals surface area (Å²) < 4.78 is 0. The topological polar surface area (TPSA) is 86.5 Å². The van der Waals surface area contributed by atoms with Gasteiger partial charge in [-0.25, -0.2) is 4.98 Å². The molecule has 0 bridgehead atoms. The van der Waals surface area contributed by atoms with E-state index < -0.39 is 18.1 Å². The Morgan fingerprint density at radius 3 is 2.05 bits per heavy atom. The fourth-order valence-electron chi connectivity index (χ4n) is 2.60. The molecule has 3 N–H and O–H groups in total. The first kappa shape index (κ1) is 14.3. The lowest BCUT2D eigenvalue weighted by molar-refractivity contribution is -0.310. The predicted molar refractivity (Wildman–Crippen MR) is 82.1 cm³/mol. The monoisotopic (exact) mass is 296 g/mol. The van der Waals surface area contributed by atoms with E-state index in [9.17, 15) is 15.0 Å². The summed E-state index contributed by atoms with van der Waals surface area (Å²) in [5, 5.41) is 25.6. The number of benzene rings is 2. The Morgan fingerprint density at radius 2 is 1.59 bits per heavy atom. The van der Waals surface area contributed by atoms with E-state index >= 15 is 0 Å². The van der Waals surface area contributed by atoms with Crippen LogP contribution in [0.15, 0.2) is 48.5 Å². The summed E-state index contributed by atoms with van der Waals surface area (Å²) in [5.74, 6) is -1.34. The zero-order valence-corrected chi connectivity index (χ0v) is 12.0. The highest BCUT2D eigenvalue weighted by Gasteiger charge is 2.20. The summed E-state index contributed by atoms with van der Waals surface area (Å²) in [4.78, 5) is 14.6. The van der Waals surface area contributed by atoms with Crippen LogP contribution in [0.5, 0.6) is 0 Å².